The Morgan fingerprint density at radius 2 is 1.94 bits per heavy atom. The van der Waals surface area contributed by atoms with E-state index < -0.39 is 10.0 Å². The van der Waals surface area contributed by atoms with E-state index >= 15 is 0 Å². The summed E-state index contributed by atoms with van der Waals surface area (Å²) in [6, 6.07) is 7.86. The zero-order chi connectivity index (χ0) is 13.6. The van der Waals surface area contributed by atoms with E-state index in [4.69, 9.17) is 4.74 Å². The van der Waals surface area contributed by atoms with E-state index in [0.29, 0.717) is 13.1 Å². The first-order valence-corrected chi connectivity index (χ1v) is 7.64. The first-order chi connectivity index (χ1) is 8.44. The Bertz CT molecular complexity index is 474. The molecule has 1 unspecified atom stereocenters. The number of para-hydroxylation sites is 1. The second-order valence-electron chi connectivity index (χ2n) is 4.08. The standard InChI is InChI=1S/C12H20N2O3S/c1-10(13-8-9-14-18(3,15)16)11-6-4-5-7-12(11)17-2/h4-7,10,13-14H,8-9H2,1-3H3. The molecule has 6 heteroatoms. The minimum absolute atomic E-state index is 0.0995. The molecular formula is C12H20N2O3S. The molecule has 0 spiro atoms. The average Bonchev–Trinajstić information content (AvgIpc) is 2.33. The van der Waals surface area contributed by atoms with Gasteiger partial charge < -0.3 is 10.1 Å². The monoisotopic (exact) mass is 272 g/mol. The third kappa shape index (κ3) is 5.03. The largest absolute Gasteiger partial charge is 0.496 e. The molecule has 2 N–H and O–H groups in total. The van der Waals surface area contributed by atoms with Crippen LogP contribution in [0, 0.1) is 0 Å². The van der Waals surface area contributed by atoms with Gasteiger partial charge >= 0.3 is 0 Å². The minimum Gasteiger partial charge on any atom is -0.496 e. The zero-order valence-corrected chi connectivity index (χ0v) is 11.8. The van der Waals surface area contributed by atoms with Crippen LogP contribution < -0.4 is 14.8 Å². The molecule has 1 rings (SSSR count). The van der Waals surface area contributed by atoms with Gasteiger partial charge in [-0.1, -0.05) is 18.2 Å². The molecule has 5 nitrogen and oxygen atoms in total. The number of methoxy groups -OCH3 is 1. The summed E-state index contributed by atoms with van der Waals surface area (Å²) in [6.45, 7) is 2.95. The summed E-state index contributed by atoms with van der Waals surface area (Å²) < 4.78 is 29.5. The van der Waals surface area contributed by atoms with Crippen LogP contribution in [-0.4, -0.2) is 34.9 Å². The van der Waals surface area contributed by atoms with E-state index in [-0.39, 0.29) is 6.04 Å². The summed E-state index contributed by atoms with van der Waals surface area (Å²) in [5.41, 5.74) is 1.05. The van der Waals surface area contributed by atoms with Gasteiger partial charge in [-0.05, 0) is 13.0 Å². The lowest BCUT2D eigenvalue weighted by Gasteiger charge is -2.17. The van der Waals surface area contributed by atoms with E-state index in [1.165, 1.54) is 0 Å². The number of hydrogen-bond donors (Lipinski definition) is 2. The van der Waals surface area contributed by atoms with Crippen LogP contribution in [0.2, 0.25) is 0 Å². The van der Waals surface area contributed by atoms with Crippen molar-refractivity contribution in [3.8, 4) is 5.75 Å². The molecule has 18 heavy (non-hydrogen) atoms. The molecule has 0 radical (unpaired) electrons. The van der Waals surface area contributed by atoms with Crippen LogP contribution >= 0.6 is 0 Å². The quantitative estimate of drug-likeness (QED) is 0.724. The first kappa shape index (κ1) is 14.9. The Balaban J connectivity index is 2.48. The summed E-state index contributed by atoms with van der Waals surface area (Å²) in [5.74, 6) is 0.827. The van der Waals surface area contributed by atoms with Crippen LogP contribution in [0.5, 0.6) is 5.75 Å². The number of rotatable bonds is 7. The molecular weight excluding hydrogens is 252 g/mol. The molecule has 0 heterocycles. The van der Waals surface area contributed by atoms with Gasteiger partial charge in [0.15, 0.2) is 0 Å². The Kier molecular flexibility index (Phi) is 5.58. The lowest BCUT2D eigenvalue weighted by atomic mass is 10.1. The van der Waals surface area contributed by atoms with Crippen molar-refractivity contribution in [2.45, 2.75) is 13.0 Å². The van der Waals surface area contributed by atoms with E-state index in [1.54, 1.807) is 7.11 Å². The molecule has 102 valence electrons. The zero-order valence-electron chi connectivity index (χ0n) is 10.9. The maximum Gasteiger partial charge on any atom is 0.208 e. The number of benzene rings is 1. The predicted molar refractivity (Wildman–Crippen MR) is 72.3 cm³/mol. The lowest BCUT2D eigenvalue weighted by molar-refractivity contribution is 0.402. The van der Waals surface area contributed by atoms with Crippen molar-refractivity contribution in [3.05, 3.63) is 29.8 Å². The van der Waals surface area contributed by atoms with Gasteiger partial charge in [0.1, 0.15) is 5.75 Å². The summed E-state index contributed by atoms with van der Waals surface area (Å²) in [5, 5.41) is 3.24. The summed E-state index contributed by atoms with van der Waals surface area (Å²) in [4.78, 5) is 0. The minimum atomic E-state index is -3.11. The Labute approximate surface area is 109 Å². The van der Waals surface area contributed by atoms with Crippen molar-refractivity contribution in [2.75, 3.05) is 26.5 Å². The number of hydrogen-bond acceptors (Lipinski definition) is 4. The van der Waals surface area contributed by atoms with Gasteiger partial charge in [-0.15, -0.1) is 0 Å². The Morgan fingerprint density at radius 1 is 1.28 bits per heavy atom. The van der Waals surface area contributed by atoms with Gasteiger partial charge in [-0.3, -0.25) is 0 Å². The average molecular weight is 272 g/mol. The van der Waals surface area contributed by atoms with Crippen molar-refractivity contribution in [3.63, 3.8) is 0 Å². The van der Waals surface area contributed by atoms with Crippen LogP contribution in [-0.2, 0) is 10.0 Å². The van der Waals surface area contributed by atoms with E-state index in [9.17, 15) is 8.42 Å². The highest BCUT2D eigenvalue weighted by Crippen LogP contribution is 2.23. The van der Waals surface area contributed by atoms with Gasteiger partial charge in [0.2, 0.25) is 10.0 Å². The molecule has 0 saturated heterocycles. The summed E-state index contributed by atoms with van der Waals surface area (Å²) >= 11 is 0. The highest BCUT2D eigenvalue weighted by Gasteiger charge is 2.09. The number of nitrogens with one attached hydrogen (secondary N) is 2. The van der Waals surface area contributed by atoms with Gasteiger partial charge in [-0.25, -0.2) is 13.1 Å². The van der Waals surface area contributed by atoms with E-state index in [1.807, 2.05) is 31.2 Å². The third-order valence-electron chi connectivity index (χ3n) is 2.55. The fraction of sp³-hybridized carbons (Fsp3) is 0.500. The molecule has 0 bridgehead atoms. The fourth-order valence-corrected chi connectivity index (χ4v) is 2.13. The Morgan fingerprint density at radius 3 is 2.56 bits per heavy atom. The molecule has 1 aromatic rings. The van der Waals surface area contributed by atoms with E-state index in [2.05, 4.69) is 10.0 Å². The van der Waals surface area contributed by atoms with Gasteiger partial charge in [-0.2, -0.15) is 0 Å². The highest BCUT2D eigenvalue weighted by atomic mass is 32.2. The van der Waals surface area contributed by atoms with Crippen molar-refractivity contribution in [1.29, 1.82) is 0 Å². The van der Waals surface area contributed by atoms with Crippen molar-refractivity contribution >= 4 is 10.0 Å². The first-order valence-electron chi connectivity index (χ1n) is 5.75. The summed E-state index contributed by atoms with van der Waals surface area (Å²) in [6.07, 6.45) is 1.15. The molecule has 1 aromatic carbocycles. The normalized spacial score (nSPS) is 13.3. The second-order valence-corrected chi connectivity index (χ2v) is 5.92. The number of sulfonamides is 1. The lowest BCUT2D eigenvalue weighted by Crippen LogP contribution is -2.32. The second kappa shape index (κ2) is 6.72. The van der Waals surface area contributed by atoms with Crippen LogP contribution in [0.1, 0.15) is 18.5 Å². The van der Waals surface area contributed by atoms with Crippen LogP contribution in [0.15, 0.2) is 24.3 Å². The molecule has 0 aliphatic carbocycles. The molecule has 0 amide bonds. The molecule has 0 aromatic heterocycles. The van der Waals surface area contributed by atoms with Crippen LogP contribution in [0.3, 0.4) is 0 Å². The SMILES string of the molecule is COc1ccccc1C(C)NCCNS(C)(=O)=O. The molecule has 0 saturated carbocycles. The highest BCUT2D eigenvalue weighted by molar-refractivity contribution is 7.88. The fourth-order valence-electron chi connectivity index (χ4n) is 1.66. The molecule has 0 fully saturated rings. The van der Waals surface area contributed by atoms with Gasteiger partial charge in [0.25, 0.3) is 0 Å². The molecule has 0 aliphatic heterocycles. The number of ether oxygens (including phenoxy) is 1. The molecule has 1 atom stereocenters. The van der Waals surface area contributed by atoms with Crippen molar-refractivity contribution in [2.24, 2.45) is 0 Å². The predicted octanol–water partition coefficient (Wildman–Crippen LogP) is 0.895. The smallest absolute Gasteiger partial charge is 0.208 e. The van der Waals surface area contributed by atoms with Crippen molar-refractivity contribution in [1.82, 2.24) is 10.0 Å². The van der Waals surface area contributed by atoms with Crippen LogP contribution in [0.4, 0.5) is 0 Å². The molecule has 0 aliphatic rings. The van der Waals surface area contributed by atoms with Gasteiger partial charge in [0, 0.05) is 24.7 Å². The Hall–Kier alpha value is -1.11. The maximum atomic E-state index is 10.9. The van der Waals surface area contributed by atoms with Gasteiger partial charge in [0.05, 0.1) is 13.4 Å². The van der Waals surface area contributed by atoms with Crippen LogP contribution in [0.25, 0.3) is 0 Å². The topological polar surface area (TPSA) is 67.4 Å². The van der Waals surface area contributed by atoms with Crippen molar-refractivity contribution < 1.29 is 13.2 Å². The maximum absolute atomic E-state index is 10.9. The third-order valence-corrected chi connectivity index (χ3v) is 3.27. The van der Waals surface area contributed by atoms with E-state index in [0.717, 1.165) is 17.6 Å². The summed E-state index contributed by atoms with van der Waals surface area (Å²) in [7, 11) is -1.48.